The molecule has 2 N–H and O–H groups in total. The number of carboxylic acid groups (broad SMARTS) is 1. The Morgan fingerprint density at radius 3 is 2.83 bits per heavy atom. The summed E-state index contributed by atoms with van der Waals surface area (Å²) >= 11 is 1.10. The maximum Gasteiger partial charge on any atom is 0.348 e. The van der Waals surface area contributed by atoms with E-state index in [9.17, 15) is 9.59 Å². The molecule has 0 saturated carbocycles. The number of hydrogen-bond acceptors (Lipinski definition) is 5. The molecule has 128 valence electrons. The maximum atomic E-state index is 12.0. The molecule has 2 aromatic heterocycles. The molecule has 2 heterocycles. The molecule has 1 unspecified atom stereocenters. The summed E-state index contributed by atoms with van der Waals surface area (Å²) in [6.07, 6.45) is 2.89. The number of hydrogen-bond donors (Lipinski definition) is 2. The topological polar surface area (TPSA) is 82.5 Å². The number of likely N-dealkylation sites (N-methyl/N-ethyl adjacent to an activating group) is 1. The minimum Gasteiger partial charge on any atom is -0.477 e. The van der Waals surface area contributed by atoms with Gasteiger partial charge in [0.15, 0.2) is 0 Å². The molecular formula is C17H21N3O3S. The second-order valence-electron chi connectivity index (χ2n) is 5.62. The molecule has 0 aliphatic rings. The van der Waals surface area contributed by atoms with Gasteiger partial charge in [0.2, 0.25) is 5.91 Å². The highest BCUT2D eigenvalue weighted by Crippen LogP contribution is 2.22. The van der Waals surface area contributed by atoms with Gasteiger partial charge < -0.3 is 15.3 Å². The van der Waals surface area contributed by atoms with Crippen molar-refractivity contribution in [3.63, 3.8) is 0 Å². The van der Waals surface area contributed by atoms with Gasteiger partial charge in [-0.15, -0.1) is 11.3 Å². The molecule has 2 aromatic rings. The fourth-order valence-electron chi connectivity index (χ4n) is 2.26. The molecule has 0 spiro atoms. The molecule has 6 nitrogen and oxygen atoms in total. The zero-order valence-electron chi connectivity index (χ0n) is 13.7. The summed E-state index contributed by atoms with van der Waals surface area (Å²) in [7, 11) is 1.97. The predicted molar refractivity (Wildman–Crippen MR) is 94.6 cm³/mol. The fourth-order valence-corrected chi connectivity index (χ4v) is 2.95. The molecule has 7 heteroatoms. The Morgan fingerprint density at radius 1 is 1.38 bits per heavy atom. The summed E-state index contributed by atoms with van der Waals surface area (Å²) < 4.78 is 0. The van der Waals surface area contributed by atoms with Gasteiger partial charge in [-0.3, -0.25) is 9.78 Å². The van der Waals surface area contributed by atoms with Gasteiger partial charge >= 0.3 is 5.97 Å². The lowest BCUT2D eigenvalue weighted by Crippen LogP contribution is -2.33. The van der Waals surface area contributed by atoms with Crippen LogP contribution >= 0.6 is 11.3 Å². The monoisotopic (exact) mass is 347 g/mol. The van der Waals surface area contributed by atoms with Gasteiger partial charge in [-0.2, -0.15) is 0 Å². The number of carbonyl (C=O) groups is 2. The number of carbonyl (C=O) groups excluding carboxylic acids is 1. The van der Waals surface area contributed by atoms with E-state index in [0.29, 0.717) is 18.7 Å². The highest BCUT2D eigenvalue weighted by atomic mass is 32.1. The number of nitrogens with zero attached hydrogens (tertiary/aromatic N) is 2. The number of nitrogens with one attached hydrogen (secondary N) is 1. The first-order valence-corrected chi connectivity index (χ1v) is 8.56. The first kappa shape index (κ1) is 18.1. The molecule has 0 fully saturated rings. The number of anilines is 1. The van der Waals surface area contributed by atoms with Crippen molar-refractivity contribution in [2.75, 3.05) is 18.9 Å². The Hall–Kier alpha value is -2.25. The third-order valence-corrected chi connectivity index (χ3v) is 4.71. The number of aromatic carboxylic acids is 1. The van der Waals surface area contributed by atoms with E-state index in [0.717, 1.165) is 23.5 Å². The van der Waals surface area contributed by atoms with Crippen molar-refractivity contribution in [1.82, 2.24) is 9.88 Å². The van der Waals surface area contributed by atoms with Crippen LogP contribution in [0.15, 0.2) is 35.8 Å². The fraction of sp³-hybridized carbons (Fsp3) is 0.353. The minimum absolute atomic E-state index is 0.153. The number of aromatic nitrogens is 1. The van der Waals surface area contributed by atoms with E-state index in [1.54, 1.807) is 17.6 Å². The molecule has 24 heavy (non-hydrogen) atoms. The predicted octanol–water partition coefficient (Wildman–Crippen LogP) is 2.73. The van der Waals surface area contributed by atoms with Crippen LogP contribution in [0.1, 0.15) is 28.7 Å². The molecule has 1 atom stereocenters. The Bertz CT molecular complexity index is 687. The Labute approximate surface area is 145 Å². The lowest BCUT2D eigenvalue weighted by Gasteiger charge is -2.24. The van der Waals surface area contributed by atoms with E-state index in [-0.39, 0.29) is 16.8 Å². The van der Waals surface area contributed by atoms with Gasteiger partial charge in [-0.1, -0.05) is 6.07 Å². The summed E-state index contributed by atoms with van der Waals surface area (Å²) in [4.78, 5) is 29.6. The van der Waals surface area contributed by atoms with E-state index in [4.69, 9.17) is 5.11 Å². The molecule has 0 aliphatic carbocycles. The van der Waals surface area contributed by atoms with Crippen LogP contribution in [-0.2, 0) is 11.2 Å². The molecule has 1 amide bonds. The van der Waals surface area contributed by atoms with Crippen molar-refractivity contribution in [2.45, 2.75) is 25.8 Å². The number of thiophene rings is 1. The zero-order chi connectivity index (χ0) is 17.5. The van der Waals surface area contributed by atoms with Crippen LogP contribution in [0.25, 0.3) is 0 Å². The second-order valence-corrected chi connectivity index (χ2v) is 6.54. The van der Waals surface area contributed by atoms with Crippen LogP contribution in [-0.4, -0.2) is 46.5 Å². The number of carboxylic acids is 1. The number of rotatable bonds is 8. The summed E-state index contributed by atoms with van der Waals surface area (Å²) in [6, 6.07) is 7.70. The largest absolute Gasteiger partial charge is 0.477 e. The van der Waals surface area contributed by atoms with Gasteiger partial charge in [-0.25, -0.2) is 4.79 Å². The normalized spacial score (nSPS) is 12.1. The first-order chi connectivity index (χ1) is 11.5. The van der Waals surface area contributed by atoms with Gasteiger partial charge in [0.1, 0.15) is 4.88 Å². The molecule has 0 aromatic carbocycles. The lowest BCUT2D eigenvalue weighted by molar-refractivity contribution is -0.116. The summed E-state index contributed by atoms with van der Waals surface area (Å²) in [5.41, 5.74) is 1.38. The van der Waals surface area contributed by atoms with Crippen molar-refractivity contribution in [3.05, 3.63) is 46.4 Å². The molecule has 0 radical (unpaired) electrons. The van der Waals surface area contributed by atoms with Crippen LogP contribution < -0.4 is 5.32 Å². The maximum absolute atomic E-state index is 12.0. The highest BCUT2D eigenvalue weighted by molar-refractivity contribution is 7.12. The van der Waals surface area contributed by atoms with Crippen molar-refractivity contribution in [1.29, 1.82) is 0 Å². The summed E-state index contributed by atoms with van der Waals surface area (Å²) in [6.45, 7) is 2.68. The van der Waals surface area contributed by atoms with E-state index in [2.05, 4.69) is 22.1 Å². The smallest absolute Gasteiger partial charge is 0.348 e. The molecule has 0 saturated heterocycles. The number of amides is 1. The minimum atomic E-state index is -1.03. The Kier molecular flexibility index (Phi) is 6.45. The summed E-state index contributed by atoms with van der Waals surface area (Å²) in [5.74, 6) is -1.21. The molecular weight excluding hydrogens is 326 g/mol. The SMILES string of the molecule is CC(Cc1ccccn1)N(C)CCC(=O)Nc1ccsc1C(=O)O. The standard InChI is InChI=1S/C17H21N3O3S/c1-12(11-13-5-3-4-8-18-13)20(2)9-6-15(21)19-14-7-10-24-16(14)17(22)23/h3-5,7-8,10,12H,6,9,11H2,1-2H3,(H,19,21)(H,22,23). The zero-order valence-corrected chi connectivity index (χ0v) is 14.5. The van der Waals surface area contributed by atoms with Gasteiger partial charge in [-0.05, 0) is 37.6 Å². The lowest BCUT2D eigenvalue weighted by atomic mass is 10.1. The quantitative estimate of drug-likeness (QED) is 0.767. The average molecular weight is 347 g/mol. The van der Waals surface area contributed by atoms with Crippen LogP contribution in [0.2, 0.25) is 0 Å². The van der Waals surface area contributed by atoms with E-state index < -0.39 is 5.97 Å². The van der Waals surface area contributed by atoms with Gasteiger partial charge in [0.25, 0.3) is 0 Å². The van der Waals surface area contributed by atoms with Crippen LogP contribution in [0.4, 0.5) is 5.69 Å². The second kappa shape index (κ2) is 8.56. The average Bonchev–Trinajstić information content (AvgIpc) is 3.01. The highest BCUT2D eigenvalue weighted by Gasteiger charge is 2.16. The van der Waals surface area contributed by atoms with E-state index in [1.165, 1.54) is 0 Å². The third-order valence-electron chi connectivity index (χ3n) is 3.81. The first-order valence-electron chi connectivity index (χ1n) is 7.68. The van der Waals surface area contributed by atoms with Crippen LogP contribution in [0.5, 0.6) is 0 Å². The van der Waals surface area contributed by atoms with Crippen LogP contribution in [0, 0.1) is 0 Å². The Balaban J connectivity index is 1.80. The Morgan fingerprint density at radius 2 is 2.17 bits per heavy atom. The van der Waals surface area contributed by atoms with E-state index >= 15 is 0 Å². The van der Waals surface area contributed by atoms with E-state index in [1.807, 2.05) is 25.2 Å². The number of pyridine rings is 1. The van der Waals surface area contributed by atoms with Crippen molar-refractivity contribution in [3.8, 4) is 0 Å². The van der Waals surface area contributed by atoms with Gasteiger partial charge in [0, 0.05) is 37.3 Å². The van der Waals surface area contributed by atoms with Crippen molar-refractivity contribution >= 4 is 28.9 Å². The molecule has 0 bridgehead atoms. The summed E-state index contributed by atoms with van der Waals surface area (Å²) in [5, 5.41) is 13.4. The van der Waals surface area contributed by atoms with Crippen molar-refractivity contribution < 1.29 is 14.7 Å². The van der Waals surface area contributed by atoms with Gasteiger partial charge in [0.05, 0.1) is 5.69 Å². The third kappa shape index (κ3) is 5.14. The molecule has 2 rings (SSSR count). The molecule has 0 aliphatic heterocycles. The van der Waals surface area contributed by atoms with Crippen LogP contribution in [0.3, 0.4) is 0 Å². The van der Waals surface area contributed by atoms with Crippen molar-refractivity contribution in [2.24, 2.45) is 0 Å².